The Morgan fingerprint density at radius 3 is 2.36 bits per heavy atom. The van der Waals surface area contributed by atoms with Crippen LogP contribution in [0.2, 0.25) is 0 Å². The molecule has 1 fully saturated rings. The van der Waals surface area contributed by atoms with Gasteiger partial charge in [0.2, 0.25) is 0 Å². The number of unbranched alkanes of at least 4 members (excludes halogenated alkanes) is 1. The van der Waals surface area contributed by atoms with Crippen molar-refractivity contribution < 1.29 is 0 Å². The van der Waals surface area contributed by atoms with Crippen LogP contribution in [0.5, 0.6) is 0 Å². The van der Waals surface area contributed by atoms with Gasteiger partial charge in [0.25, 0.3) is 0 Å². The summed E-state index contributed by atoms with van der Waals surface area (Å²) >= 11 is 0. The van der Waals surface area contributed by atoms with E-state index in [0.717, 1.165) is 0 Å². The number of likely N-dealkylation sites (N-methyl/N-ethyl adjacent to an activating group) is 1. The molecule has 0 aromatic heterocycles. The molecule has 1 heterocycles. The smallest absolute Gasteiger partial charge is 0.0110 e. The second kappa shape index (κ2) is 6.38. The van der Waals surface area contributed by atoms with Crippen molar-refractivity contribution in [3.8, 4) is 0 Å². The van der Waals surface area contributed by atoms with E-state index in [1.165, 1.54) is 52.0 Å². The average molecular weight is 199 g/mol. The molecule has 1 saturated heterocycles. The highest BCUT2D eigenvalue weighted by molar-refractivity contribution is 4.69. The van der Waals surface area contributed by atoms with Crippen LogP contribution in [0.1, 0.15) is 26.2 Å². The van der Waals surface area contributed by atoms with Gasteiger partial charge in [0, 0.05) is 32.2 Å². The maximum atomic E-state index is 5.71. The first kappa shape index (κ1) is 12.0. The summed E-state index contributed by atoms with van der Waals surface area (Å²) in [7, 11) is 2.20. The quantitative estimate of drug-likeness (QED) is 0.663. The lowest BCUT2D eigenvalue weighted by Gasteiger charge is -2.32. The summed E-state index contributed by atoms with van der Waals surface area (Å²) in [5, 5.41) is 0. The fourth-order valence-corrected chi connectivity index (χ4v) is 1.87. The van der Waals surface area contributed by atoms with Crippen molar-refractivity contribution in [2.45, 2.75) is 32.2 Å². The van der Waals surface area contributed by atoms with E-state index in [4.69, 9.17) is 5.73 Å². The first-order chi connectivity index (χ1) is 6.68. The minimum atomic E-state index is 0.377. The second-order valence-corrected chi connectivity index (χ2v) is 4.62. The van der Waals surface area contributed by atoms with Crippen LogP contribution in [0, 0.1) is 0 Å². The van der Waals surface area contributed by atoms with E-state index in [0.29, 0.717) is 6.04 Å². The summed E-state index contributed by atoms with van der Waals surface area (Å²) in [6.45, 7) is 8.31. The molecule has 0 saturated carbocycles. The molecular weight excluding hydrogens is 174 g/mol. The molecule has 2 N–H and O–H groups in total. The molecule has 1 atom stereocenters. The second-order valence-electron chi connectivity index (χ2n) is 4.62. The highest BCUT2D eigenvalue weighted by atomic mass is 15.2. The van der Waals surface area contributed by atoms with Gasteiger partial charge in [-0.2, -0.15) is 0 Å². The largest absolute Gasteiger partial charge is 0.328 e. The maximum absolute atomic E-state index is 5.71. The van der Waals surface area contributed by atoms with E-state index in [1.807, 2.05) is 0 Å². The lowest BCUT2D eigenvalue weighted by atomic mass is 10.1. The molecule has 0 aromatic rings. The van der Waals surface area contributed by atoms with E-state index < -0.39 is 0 Å². The Bertz CT molecular complexity index is 139. The van der Waals surface area contributed by atoms with Crippen molar-refractivity contribution in [3.05, 3.63) is 0 Å². The number of nitrogens with two attached hydrogens (primary N) is 1. The van der Waals surface area contributed by atoms with Crippen LogP contribution in [0.3, 0.4) is 0 Å². The molecule has 0 amide bonds. The molecule has 84 valence electrons. The van der Waals surface area contributed by atoms with E-state index in [9.17, 15) is 0 Å². The van der Waals surface area contributed by atoms with Gasteiger partial charge in [-0.1, -0.05) is 6.42 Å². The topological polar surface area (TPSA) is 32.5 Å². The fraction of sp³-hybridized carbons (Fsp3) is 1.00. The first-order valence-corrected chi connectivity index (χ1v) is 5.85. The van der Waals surface area contributed by atoms with Crippen LogP contribution in [0.15, 0.2) is 0 Å². The molecule has 0 aliphatic carbocycles. The number of hydrogen-bond donors (Lipinski definition) is 1. The van der Waals surface area contributed by atoms with Crippen molar-refractivity contribution in [2.24, 2.45) is 5.73 Å². The van der Waals surface area contributed by atoms with E-state index in [1.54, 1.807) is 0 Å². The standard InChI is InChI=1S/C11H25N3/c1-11(12)5-3-4-6-14-9-7-13(2)8-10-14/h11H,3-10,12H2,1-2H3. The summed E-state index contributed by atoms with van der Waals surface area (Å²) in [4.78, 5) is 4.97. The van der Waals surface area contributed by atoms with Gasteiger partial charge in [0.1, 0.15) is 0 Å². The van der Waals surface area contributed by atoms with Gasteiger partial charge in [-0.25, -0.2) is 0 Å². The van der Waals surface area contributed by atoms with Gasteiger partial charge >= 0.3 is 0 Å². The molecule has 1 rings (SSSR count). The molecule has 1 aliphatic heterocycles. The predicted molar refractivity (Wildman–Crippen MR) is 61.4 cm³/mol. The van der Waals surface area contributed by atoms with Crippen LogP contribution in [0.25, 0.3) is 0 Å². The molecule has 0 aromatic carbocycles. The molecule has 1 aliphatic rings. The Balaban J connectivity index is 1.96. The Morgan fingerprint density at radius 1 is 1.14 bits per heavy atom. The van der Waals surface area contributed by atoms with Crippen molar-refractivity contribution in [3.63, 3.8) is 0 Å². The minimum Gasteiger partial charge on any atom is -0.328 e. The van der Waals surface area contributed by atoms with Gasteiger partial charge in [0.15, 0.2) is 0 Å². The third kappa shape index (κ3) is 4.94. The third-order valence-electron chi connectivity index (χ3n) is 2.98. The van der Waals surface area contributed by atoms with Crippen molar-refractivity contribution in [2.75, 3.05) is 39.8 Å². The molecule has 3 nitrogen and oxygen atoms in total. The molecule has 0 radical (unpaired) electrons. The van der Waals surface area contributed by atoms with Crippen molar-refractivity contribution in [1.82, 2.24) is 9.80 Å². The maximum Gasteiger partial charge on any atom is 0.0110 e. The highest BCUT2D eigenvalue weighted by Crippen LogP contribution is 2.04. The predicted octanol–water partition coefficient (Wildman–Crippen LogP) is 0.751. The van der Waals surface area contributed by atoms with E-state index >= 15 is 0 Å². The first-order valence-electron chi connectivity index (χ1n) is 5.85. The average Bonchev–Trinajstić information content (AvgIpc) is 2.15. The molecule has 0 bridgehead atoms. The van der Waals surface area contributed by atoms with Gasteiger partial charge in [-0.05, 0) is 33.4 Å². The molecule has 3 heteroatoms. The van der Waals surface area contributed by atoms with Gasteiger partial charge in [-0.15, -0.1) is 0 Å². The lowest BCUT2D eigenvalue weighted by Crippen LogP contribution is -2.44. The van der Waals surface area contributed by atoms with Gasteiger partial charge in [0.05, 0.1) is 0 Å². The Labute approximate surface area is 88.2 Å². The summed E-state index contributed by atoms with van der Waals surface area (Å²) in [6.07, 6.45) is 3.77. The van der Waals surface area contributed by atoms with Crippen LogP contribution in [0.4, 0.5) is 0 Å². The van der Waals surface area contributed by atoms with Gasteiger partial charge < -0.3 is 15.5 Å². The third-order valence-corrected chi connectivity index (χ3v) is 2.98. The Kier molecular flexibility index (Phi) is 5.45. The summed E-state index contributed by atoms with van der Waals surface area (Å²) in [6, 6.07) is 0.377. The van der Waals surface area contributed by atoms with Gasteiger partial charge in [-0.3, -0.25) is 0 Å². The molecule has 1 unspecified atom stereocenters. The monoisotopic (exact) mass is 199 g/mol. The SMILES string of the molecule is CC(N)CCCCN1CCN(C)CC1. The van der Waals surface area contributed by atoms with E-state index in [2.05, 4.69) is 23.8 Å². The van der Waals surface area contributed by atoms with E-state index in [-0.39, 0.29) is 0 Å². The highest BCUT2D eigenvalue weighted by Gasteiger charge is 2.12. The minimum absolute atomic E-state index is 0.377. The van der Waals surface area contributed by atoms with Crippen LogP contribution in [-0.2, 0) is 0 Å². The Morgan fingerprint density at radius 2 is 1.79 bits per heavy atom. The zero-order valence-electron chi connectivity index (χ0n) is 9.71. The normalized spacial score (nSPS) is 22.5. The summed E-state index contributed by atoms with van der Waals surface area (Å²) < 4.78 is 0. The lowest BCUT2D eigenvalue weighted by molar-refractivity contribution is 0.152. The number of hydrogen-bond acceptors (Lipinski definition) is 3. The van der Waals surface area contributed by atoms with Crippen LogP contribution >= 0.6 is 0 Å². The molecular formula is C11H25N3. The summed E-state index contributed by atoms with van der Waals surface area (Å²) in [5.41, 5.74) is 5.71. The van der Waals surface area contributed by atoms with Crippen molar-refractivity contribution >= 4 is 0 Å². The number of rotatable bonds is 5. The van der Waals surface area contributed by atoms with Crippen LogP contribution < -0.4 is 5.73 Å². The Hall–Kier alpha value is -0.120. The number of piperazine rings is 1. The zero-order valence-corrected chi connectivity index (χ0v) is 9.71. The summed E-state index contributed by atoms with van der Waals surface area (Å²) in [5.74, 6) is 0. The zero-order chi connectivity index (χ0) is 10.4. The van der Waals surface area contributed by atoms with Crippen LogP contribution in [-0.4, -0.2) is 55.6 Å². The molecule has 0 spiro atoms. The number of nitrogens with zero attached hydrogens (tertiary/aromatic N) is 2. The van der Waals surface area contributed by atoms with Crippen molar-refractivity contribution in [1.29, 1.82) is 0 Å². The fourth-order valence-electron chi connectivity index (χ4n) is 1.87. The molecule has 14 heavy (non-hydrogen) atoms.